The van der Waals surface area contributed by atoms with Gasteiger partial charge in [0.15, 0.2) is 5.69 Å². The lowest BCUT2D eigenvalue weighted by molar-refractivity contribution is 0.0990. The van der Waals surface area contributed by atoms with Gasteiger partial charge < -0.3 is 16.9 Å². The number of hydrogen-bond acceptors (Lipinski definition) is 6. The molecule has 0 aliphatic carbocycles. The van der Waals surface area contributed by atoms with Gasteiger partial charge in [-0.15, -0.1) is 5.92 Å². The number of imidazole rings is 1. The van der Waals surface area contributed by atoms with Crippen molar-refractivity contribution in [2.24, 2.45) is 5.73 Å². The van der Waals surface area contributed by atoms with Gasteiger partial charge in [-0.25, -0.2) is 14.6 Å². The third kappa shape index (κ3) is 5.24. The third-order valence-electron chi connectivity index (χ3n) is 6.44. The maximum absolute atomic E-state index is 12.7. The number of carbonyl (C=O) groups excluding carboxylic acids is 2. The molecule has 9 heteroatoms. The van der Waals surface area contributed by atoms with Crippen LogP contribution >= 0.6 is 0 Å². The molecule has 2 amide bonds. The van der Waals surface area contributed by atoms with Crippen LogP contribution in [0.3, 0.4) is 0 Å². The number of nitrogen functional groups attached to an aromatic ring is 1. The van der Waals surface area contributed by atoms with Gasteiger partial charge in [-0.3, -0.25) is 14.5 Å². The van der Waals surface area contributed by atoms with Crippen LogP contribution in [0.5, 0.6) is 0 Å². The van der Waals surface area contributed by atoms with Gasteiger partial charge in [0, 0.05) is 17.3 Å². The Bertz CT molecular complexity index is 1320. The number of piperidine rings is 1. The minimum absolute atomic E-state index is 0.0621. The number of nitrogens with one attached hydrogen (secondary N) is 1. The highest BCUT2D eigenvalue weighted by molar-refractivity contribution is 6.04. The van der Waals surface area contributed by atoms with E-state index < -0.39 is 5.91 Å². The van der Waals surface area contributed by atoms with E-state index in [1.54, 1.807) is 30.5 Å². The van der Waals surface area contributed by atoms with Crippen molar-refractivity contribution >= 4 is 17.6 Å². The maximum atomic E-state index is 12.7. The van der Waals surface area contributed by atoms with Crippen molar-refractivity contribution in [1.29, 1.82) is 0 Å². The van der Waals surface area contributed by atoms with E-state index in [4.69, 9.17) is 16.6 Å². The molecule has 1 aliphatic heterocycles. The number of rotatable bonds is 7. The molecule has 0 radical (unpaired) electrons. The number of anilines is 1. The fourth-order valence-electron chi connectivity index (χ4n) is 4.51. The number of benzene rings is 1. The molecule has 0 unspecified atom stereocenters. The van der Waals surface area contributed by atoms with E-state index in [1.165, 1.54) is 4.68 Å². The van der Waals surface area contributed by atoms with E-state index in [2.05, 4.69) is 27.0 Å². The Morgan fingerprint density at radius 3 is 2.67 bits per heavy atom. The van der Waals surface area contributed by atoms with Gasteiger partial charge in [-0.2, -0.15) is 0 Å². The normalized spacial score (nSPS) is 15.7. The second-order valence-electron chi connectivity index (χ2n) is 8.74. The maximum Gasteiger partial charge on any atom is 0.269 e. The number of nitrogens with zero attached hydrogens (tertiary/aromatic N) is 4. The molecule has 1 atom stereocenters. The molecule has 3 aromatic rings. The summed E-state index contributed by atoms with van der Waals surface area (Å²) in [6.45, 7) is 5.34. The van der Waals surface area contributed by atoms with Crippen LogP contribution in [0.4, 0.5) is 5.82 Å². The van der Waals surface area contributed by atoms with Crippen LogP contribution in [0.25, 0.3) is 11.3 Å². The standard InChI is InChI=1S/C27H31N7O2/c1-3-5-15-33-16-7-6-8-21(33)26-32-23(24(25(28)35)34(26)29)19-9-11-20(12-10-19)27(36)31-22-17-18(4-2)13-14-30-22/h9-14,17,21H,4,6-8,15-16,29H2,1-2H3,(H2,28,35)(H,30,31,36)/t21-/m0/s1. The summed E-state index contributed by atoms with van der Waals surface area (Å²) in [6, 6.07) is 10.5. The summed E-state index contributed by atoms with van der Waals surface area (Å²) >= 11 is 0. The molecule has 36 heavy (non-hydrogen) atoms. The van der Waals surface area contributed by atoms with Gasteiger partial charge in [0.25, 0.3) is 11.8 Å². The van der Waals surface area contributed by atoms with Crippen molar-refractivity contribution in [2.45, 2.75) is 45.6 Å². The molecule has 1 aromatic carbocycles. The van der Waals surface area contributed by atoms with Crippen LogP contribution in [0.1, 0.15) is 71.4 Å². The Balaban J connectivity index is 1.62. The lowest BCUT2D eigenvalue weighted by atomic mass is 10.0. The van der Waals surface area contributed by atoms with E-state index in [-0.39, 0.29) is 17.6 Å². The highest BCUT2D eigenvalue weighted by Crippen LogP contribution is 2.33. The van der Waals surface area contributed by atoms with Gasteiger partial charge >= 0.3 is 0 Å². The number of amides is 2. The topological polar surface area (TPSA) is 132 Å². The average Bonchev–Trinajstić information content (AvgIpc) is 3.24. The Morgan fingerprint density at radius 2 is 1.97 bits per heavy atom. The molecule has 0 spiro atoms. The number of aryl methyl sites for hydroxylation is 1. The molecule has 1 fully saturated rings. The van der Waals surface area contributed by atoms with Crippen molar-refractivity contribution in [3.63, 3.8) is 0 Å². The molecule has 0 saturated carbocycles. The van der Waals surface area contributed by atoms with Crippen LogP contribution in [0.2, 0.25) is 0 Å². The summed E-state index contributed by atoms with van der Waals surface area (Å²) in [7, 11) is 0. The summed E-state index contributed by atoms with van der Waals surface area (Å²) in [6.07, 6.45) is 5.50. The SMILES string of the molecule is CC#CCN1CCCC[C@H]1c1nc(-c2ccc(C(=O)Nc3cc(CC)ccn3)cc2)c(C(N)=O)n1N. The first-order chi connectivity index (χ1) is 17.4. The summed E-state index contributed by atoms with van der Waals surface area (Å²) in [5.74, 6) is 12.6. The molecule has 186 valence electrons. The van der Waals surface area contributed by atoms with Gasteiger partial charge in [0.2, 0.25) is 0 Å². The van der Waals surface area contributed by atoms with Crippen LogP contribution in [0.15, 0.2) is 42.6 Å². The van der Waals surface area contributed by atoms with Crippen molar-refractivity contribution in [2.75, 3.05) is 24.2 Å². The largest absolute Gasteiger partial charge is 0.364 e. The molecule has 4 rings (SSSR count). The van der Waals surface area contributed by atoms with Gasteiger partial charge in [0.05, 0.1) is 12.6 Å². The lowest BCUT2D eigenvalue weighted by Crippen LogP contribution is -2.37. The fourth-order valence-corrected chi connectivity index (χ4v) is 4.51. The number of hydrogen-bond donors (Lipinski definition) is 3. The quantitative estimate of drug-likeness (QED) is 0.348. The molecular weight excluding hydrogens is 454 g/mol. The van der Waals surface area contributed by atoms with Crippen molar-refractivity contribution < 1.29 is 9.59 Å². The summed E-state index contributed by atoms with van der Waals surface area (Å²) < 4.78 is 1.31. The average molecular weight is 486 g/mol. The Hall–Kier alpha value is -4.16. The van der Waals surface area contributed by atoms with Crippen molar-refractivity contribution in [3.8, 4) is 23.1 Å². The van der Waals surface area contributed by atoms with Crippen LogP contribution in [-0.4, -0.2) is 44.4 Å². The zero-order chi connectivity index (χ0) is 25.7. The molecule has 9 nitrogen and oxygen atoms in total. The van der Waals surface area contributed by atoms with E-state index in [0.717, 1.165) is 37.8 Å². The number of nitrogens with two attached hydrogens (primary N) is 2. The molecule has 3 heterocycles. The second-order valence-corrected chi connectivity index (χ2v) is 8.74. The predicted octanol–water partition coefficient (Wildman–Crippen LogP) is 3.12. The second kappa shape index (κ2) is 11.1. The first-order valence-corrected chi connectivity index (χ1v) is 12.1. The highest BCUT2D eigenvalue weighted by atomic mass is 16.2. The summed E-state index contributed by atoms with van der Waals surface area (Å²) in [5.41, 5.74) is 8.43. The zero-order valence-electron chi connectivity index (χ0n) is 20.6. The molecule has 5 N–H and O–H groups in total. The Morgan fingerprint density at radius 1 is 1.19 bits per heavy atom. The van der Waals surface area contributed by atoms with Crippen LogP contribution in [0, 0.1) is 11.8 Å². The number of likely N-dealkylation sites (tertiary alicyclic amines) is 1. The third-order valence-corrected chi connectivity index (χ3v) is 6.44. The van der Waals surface area contributed by atoms with E-state index >= 15 is 0 Å². The highest BCUT2D eigenvalue weighted by Gasteiger charge is 2.31. The van der Waals surface area contributed by atoms with Crippen LogP contribution < -0.4 is 16.9 Å². The molecular formula is C27H31N7O2. The van der Waals surface area contributed by atoms with E-state index in [9.17, 15) is 9.59 Å². The first-order valence-electron chi connectivity index (χ1n) is 12.1. The Kier molecular flexibility index (Phi) is 7.66. The minimum atomic E-state index is -0.661. The van der Waals surface area contributed by atoms with Gasteiger partial charge in [0.1, 0.15) is 17.3 Å². The van der Waals surface area contributed by atoms with E-state index in [0.29, 0.717) is 35.0 Å². The molecule has 2 aromatic heterocycles. The van der Waals surface area contributed by atoms with Gasteiger partial charge in [-0.05, 0) is 62.6 Å². The van der Waals surface area contributed by atoms with E-state index in [1.807, 2.05) is 26.0 Å². The number of primary amides is 1. The van der Waals surface area contributed by atoms with Crippen LogP contribution in [-0.2, 0) is 6.42 Å². The Labute approximate surface area is 210 Å². The molecule has 0 bridgehead atoms. The van der Waals surface area contributed by atoms with Gasteiger partial charge in [-0.1, -0.05) is 31.4 Å². The molecule has 1 aliphatic rings. The lowest BCUT2D eigenvalue weighted by Gasteiger charge is -2.33. The monoisotopic (exact) mass is 485 g/mol. The predicted molar refractivity (Wildman–Crippen MR) is 140 cm³/mol. The van der Waals surface area contributed by atoms with Crippen molar-refractivity contribution in [3.05, 3.63) is 65.2 Å². The minimum Gasteiger partial charge on any atom is -0.364 e. The van der Waals surface area contributed by atoms with Crippen molar-refractivity contribution in [1.82, 2.24) is 19.5 Å². The smallest absolute Gasteiger partial charge is 0.269 e. The number of carbonyl (C=O) groups is 2. The fraction of sp³-hybridized carbons (Fsp3) is 0.333. The molecule has 1 saturated heterocycles. The zero-order valence-corrected chi connectivity index (χ0v) is 20.6. The summed E-state index contributed by atoms with van der Waals surface area (Å²) in [5, 5.41) is 2.82. The first kappa shape index (κ1) is 24.9. The number of aromatic nitrogens is 3. The summed E-state index contributed by atoms with van der Waals surface area (Å²) in [4.78, 5) is 36.3. The number of pyridine rings is 1.